The molecule has 2 heterocycles. The smallest absolute Gasteiger partial charge is 0.350 e. The first-order valence-corrected chi connectivity index (χ1v) is 23.1. The highest BCUT2D eigenvalue weighted by Crippen LogP contribution is 2.50. The van der Waals surface area contributed by atoms with Gasteiger partial charge >= 0.3 is 11.9 Å². The number of benzene rings is 4. The molecule has 71 heavy (non-hydrogen) atoms. The third-order valence-electron chi connectivity index (χ3n) is 13.5. The molecule has 0 radical (unpaired) electrons. The number of fused-ring (bicyclic) bond motifs is 2. The normalized spacial score (nSPS) is 19.0. The van der Waals surface area contributed by atoms with Crippen LogP contribution < -0.4 is 72.2 Å². The van der Waals surface area contributed by atoms with E-state index in [1.807, 2.05) is 48.5 Å². The molecule has 0 spiro atoms. The molecule has 6 rings (SSSR count). The predicted octanol–water partition coefficient (Wildman–Crippen LogP) is 1.65. The summed E-state index contributed by atoms with van der Waals surface area (Å²) in [6, 6.07) is 15.6. The van der Waals surface area contributed by atoms with Crippen molar-refractivity contribution in [1.82, 2.24) is 0 Å². The van der Waals surface area contributed by atoms with E-state index in [2.05, 4.69) is 14.1 Å². The molecule has 390 valence electrons. The minimum Gasteiger partial charge on any atom is -1.00 e. The Morgan fingerprint density at radius 1 is 0.507 bits per heavy atom. The van der Waals surface area contributed by atoms with Gasteiger partial charge in [0.1, 0.15) is 17.1 Å². The second kappa shape index (κ2) is 25.6. The molecular formula is C52H67Cl3N2O14. The summed E-state index contributed by atoms with van der Waals surface area (Å²) in [4.78, 5) is 26.1. The Bertz CT molecular complexity index is 2470. The van der Waals surface area contributed by atoms with Crippen molar-refractivity contribution in [3.63, 3.8) is 0 Å². The molecule has 0 saturated carbocycles. The third-order valence-corrected chi connectivity index (χ3v) is 13.7. The van der Waals surface area contributed by atoms with Crippen molar-refractivity contribution in [2.75, 3.05) is 125 Å². The number of hydrogen-bond donors (Lipinski definition) is 0. The summed E-state index contributed by atoms with van der Waals surface area (Å²) >= 11 is 6.36. The molecule has 4 aromatic carbocycles. The quantitative estimate of drug-likeness (QED) is 0.0487. The number of rotatable bonds is 22. The molecule has 19 heteroatoms. The first-order valence-electron chi connectivity index (χ1n) is 22.7. The Morgan fingerprint density at radius 2 is 0.845 bits per heavy atom. The molecule has 0 saturated heterocycles. The first-order chi connectivity index (χ1) is 33.2. The van der Waals surface area contributed by atoms with Crippen molar-refractivity contribution in [2.45, 2.75) is 37.8 Å². The van der Waals surface area contributed by atoms with Crippen LogP contribution in [0.5, 0.6) is 57.5 Å². The van der Waals surface area contributed by atoms with Gasteiger partial charge in [0, 0.05) is 54.0 Å². The molecule has 4 aromatic rings. The topological polar surface area (TPSA) is 145 Å². The highest BCUT2D eigenvalue weighted by atomic mass is 35.5. The highest BCUT2D eigenvalue weighted by Gasteiger charge is 2.43. The fourth-order valence-corrected chi connectivity index (χ4v) is 10.2. The van der Waals surface area contributed by atoms with Gasteiger partial charge in [-0.05, 0) is 59.7 Å². The molecule has 2 aliphatic heterocycles. The van der Waals surface area contributed by atoms with Crippen LogP contribution in [0, 0.1) is 0 Å². The van der Waals surface area contributed by atoms with Crippen LogP contribution >= 0.6 is 11.6 Å². The lowest BCUT2D eigenvalue weighted by Gasteiger charge is -2.46. The number of carbonyl (C=O) groups excluding carboxylic acids is 2. The number of carbonyl (C=O) groups is 2. The summed E-state index contributed by atoms with van der Waals surface area (Å²) in [6.07, 6.45) is 3.53. The fraction of sp³-hybridized carbons (Fsp3) is 0.462. The van der Waals surface area contributed by atoms with E-state index in [4.69, 9.17) is 68.4 Å². The maximum absolute atomic E-state index is 13.1. The lowest BCUT2D eigenvalue weighted by Crippen LogP contribution is -3.00. The van der Waals surface area contributed by atoms with Gasteiger partial charge in [0.05, 0.1) is 125 Å². The van der Waals surface area contributed by atoms with Crippen LogP contribution in [0.15, 0.2) is 59.6 Å². The van der Waals surface area contributed by atoms with E-state index in [9.17, 15) is 9.59 Å². The maximum atomic E-state index is 13.1. The largest absolute Gasteiger partial charge is 1.00 e. The summed E-state index contributed by atoms with van der Waals surface area (Å²) in [5.74, 6) is 4.12. The van der Waals surface area contributed by atoms with Crippen molar-refractivity contribution in [1.29, 1.82) is 0 Å². The van der Waals surface area contributed by atoms with Gasteiger partial charge in [0.25, 0.3) is 0 Å². The monoisotopic (exact) mass is 1050 g/mol. The van der Waals surface area contributed by atoms with Gasteiger partial charge in [-0.15, -0.1) is 0 Å². The molecule has 0 fully saturated rings. The molecule has 4 atom stereocenters. The Morgan fingerprint density at radius 3 is 1.18 bits per heavy atom. The average Bonchev–Trinajstić information content (AvgIpc) is 3.36. The van der Waals surface area contributed by atoms with E-state index in [-0.39, 0.29) is 55.1 Å². The molecule has 0 unspecified atom stereocenters. The van der Waals surface area contributed by atoms with Crippen LogP contribution in [0.3, 0.4) is 0 Å². The van der Waals surface area contributed by atoms with E-state index in [0.29, 0.717) is 92.4 Å². The van der Waals surface area contributed by atoms with Crippen LogP contribution in [0.1, 0.15) is 58.3 Å². The molecule has 0 amide bonds. The summed E-state index contributed by atoms with van der Waals surface area (Å²) in [5, 5.41) is -0.373. The predicted molar refractivity (Wildman–Crippen MR) is 259 cm³/mol. The Labute approximate surface area is 434 Å². The zero-order valence-electron chi connectivity index (χ0n) is 42.7. The van der Waals surface area contributed by atoms with Gasteiger partial charge < -0.3 is 90.6 Å². The minimum absolute atomic E-state index is 0. The van der Waals surface area contributed by atoms with E-state index in [0.717, 1.165) is 65.4 Å². The lowest BCUT2D eigenvalue weighted by atomic mass is 9.85. The standard InChI is InChI=1S/C52H67ClN2O14.2ClH/c1-54(19-15-32-23-39(58-3)41(60-5)29-36(32)48(54)34-25-43(62-7)50(66-11)44(26-34)63-8)17-13-21-68-47(56)31-38(53)52(57)69-22-14-18-55(2)20-16-33-24-40(59-4)42(61-6)30-37(33)49(55)35-27-45(64-9)51(67-12)46(28-35)65-10;;/h23-31,48-49H,13-22H2,1-12H3;2*1H/q+2;;/p-2/b38-31-;;/t48-,49-,54-,55-;;/m0../s1. The number of nitrogens with zero attached hydrogens (tertiary/aromatic N) is 2. The lowest BCUT2D eigenvalue weighted by molar-refractivity contribution is -0.935. The number of halogens is 3. The molecule has 0 aliphatic carbocycles. The second-order valence-electron chi connectivity index (χ2n) is 17.4. The van der Waals surface area contributed by atoms with Gasteiger partial charge in [0.15, 0.2) is 46.0 Å². The number of hydrogen-bond acceptors (Lipinski definition) is 14. The van der Waals surface area contributed by atoms with Gasteiger partial charge in [-0.3, -0.25) is 0 Å². The Hall–Kier alpha value is -5.65. The Kier molecular flexibility index (Phi) is 20.9. The van der Waals surface area contributed by atoms with E-state index in [1.54, 1.807) is 71.1 Å². The van der Waals surface area contributed by atoms with Crippen molar-refractivity contribution < 1.29 is 100 Å². The van der Waals surface area contributed by atoms with Gasteiger partial charge in [-0.2, -0.15) is 0 Å². The molecule has 0 aromatic heterocycles. The van der Waals surface area contributed by atoms with Crippen LogP contribution in [-0.2, 0) is 31.9 Å². The zero-order chi connectivity index (χ0) is 50.0. The van der Waals surface area contributed by atoms with E-state index >= 15 is 0 Å². The second-order valence-corrected chi connectivity index (χ2v) is 17.8. The van der Waals surface area contributed by atoms with Gasteiger partial charge in [0.2, 0.25) is 11.5 Å². The summed E-state index contributed by atoms with van der Waals surface area (Å²) < 4.78 is 69.5. The number of methoxy groups -OCH3 is 10. The molecule has 0 bridgehead atoms. The number of esters is 2. The fourth-order valence-electron chi connectivity index (χ4n) is 10.0. The van der Waals surface area contributed by atoms with E-state index < -0.39 is 11.9 Å². The number of ether oxygens (including phenoxy) is 12. The SMILES string of the molecule is COc1cc2c(cc1OC)[C@H](c1cc(OC)c(OC)c(OC)c1)[N@@+](C)(CCCOC(=O)/C=C(\Cl)C(=O)OCCC[N@@+]1(C)CCc3cc(OC)c(OC)cc3[C@@H]1c1cc(OC)c(OC)c(OC)c1)CC2.[Cl-].[Cl-]. The number of quaternary nitrogens is 2. The van der Waals surface area contributed by atoms with Crippen LogP contribution in [0.4, 0.5) is 0 Å². The summed E-state index contributed by atoms with van der Waals surface area (Å²) in [7, 11) is 20.4. The van der Waals surface area contributed by atoms with Crippen LogP contribution in [-0.4, -0.2) is 145 Å². The Balaban J connectivity index is 0.00000548. The molecule has 2 aliphatic rings. The first kappa shape index (κ1) is 57.9. The van der Waals surface area contributed by atoms with Crippen molar-refractivity contribution >= 4 is 23.5 Å². The van der Waals surface area contributed by atoms with Crippen molar-refractivity contribution in [3.8, 4) is 57.5 Å². The molecule has 0 N–H and O–H groups in total. The third kappa shape index (κ3) is 12.3. The molecular weight excluding hydrogens is 983 g/mol. The van der Waals surface area contributed by atoms with Crippen LogP contribution in [0.2, 0.25) is 0 Å². The summed E-state index contributed by atoms with van der Waals surface area (Å²) in [5.41, 5.74) is 6.29. The zero-order valence-corrected chi connectivity index (χ0v) is 44.9. The van der Waals surface area contributed by atoms with Crippen LogP contribution in [0.25, 0.3) is 0 Å². The minimum atomic E-state index is -0.816. The highest BCUT2D eigenvalue weighted by molar-refractivity contribution is 6.42. The van der Waals surface area contributed by atoms with Crippen molar-refractivity contribution in [2.24, 2.45) is 0 Å². The van der Waals surface area contributed by atoms with Gasteiger partial charge in [-0.1, -0.05) is 11.6 Å². The van der Waals surface area contributed by atoms with Crippen molar-refractivity contribution in [3.05, 3.63) is 93.0 Å². The van der Waals surface area contributed by atoms with E-state index in [1.165, 1.54) is 0 Å². The average molecular weight is 1050 g/mol. The van der Waals surface area contributed by atoms with Gasteiger partial charge in [-0.25, -0.2) is 9.59 Å². The number of likely N-dealkylation sites (N-methyl/N-ethyl adjacent to an activating group) is 2. The molecule has 16 nitrogen and oxygen atoms in total. The maximum Gasteiger partial charge on any atom is 0.350 e. The summed E-state index contributed by atoms with van der Waals surface area (Å²) in [6.45, 7) is 2.96.